The van der Waals surface area contributed by atoms with Gasteiger partial charge in [-0.05, 0) is 29.4 Å². The number of methoxy groups -OCH3 is 1. The molecule has 4 fully saturated rings. The van der Waals surface area contributed by atoms with Gasteiger partial charge in [0.15, 0.2) is 0 Å². The highest BCUT2D eigenvalue weighted by Gasteiger charge is 2.56. The van der Waals surface area contributed by atoms with Gasteiger partial charge in [0.1, 0.15) is 11.5 Å². The van der Waals surface area contributed by atoms with Gasteiger partial charge in [-0.25, -0.2) is 0 Å². The lowest BCUT2D eigenvalue weighted by Gasteiger charge is -2.66. The molecule has 4 saturated heterocycles. The second-order valence-corrected chi connectivity index (χ2v) is 7.91. The molecule has 4 bridgehead atoms. The number of piperidine rings is 2. The molecule has 4 heterocycles. The summed E-state index contributed by atoms with van der Waals surface area (Å²) in [6.45, 7) is 9.36. The zero-order valence-electron chi connectivity index (χ0n) is 13.1. The van der Waals surface area contributed by atoms with Crippen molar-refractivity contribution in [1.82, 2.24) is 9.80 Å². The van der Waals surface area contributed by atoms with E-state index in [1.165, 1.54) is 6.42 Å². The Kier molecular flexibility index (Phi) is 2.64. The number of nitrogens with zero attached hydrogens (tertiary/aromatic N) is 2. The summed E-state index contributed by atoms with van der Waals surface area (Å²) in [6.07, 6.45) is 1.55. The van der Waals surface area contributed by atoms with Gasteiger partial charge in [-0.1, -0.05) is 13.8 Å². The van der Waals surface area contributed by atoms with Crippen LogP contribution < -0.4 is 4.74 Å². The van der Waals surface area contributed by atoms with E-state index in [9.17, 15) is 5.11 Å². The minimum atomic E-state index is 0.220. The molecule has 4 nitrogen and oxygen atoms in total. The maximum absolute atomic E-state index is 10.4. The fraction of sp³-hybridized carbons (Fsp3) is 0.647. The smallest absolute Gasteiger partial charge is 0.125 e. The average molecular weight is 288 g/mol. The highest BCUT2D eigenvalue weighted by Crippen LogP contribution is 2.54. The fourth-order valence-electron chi connectivity index (χ4n) is 5.27. The van der Waals surface area contributed by atoms with Gasteiger partial charge < -0.3 is 9.84 Å². The van der Waals surface area contributed by atoms with E-state index >= 15 is 0 Å². The van der Waals surface area contributed by atoms with E-state index < -0.39 is 0 Å². The molecule has 0 aliphatic carbocycles. The average Bonchev–Trinajstić information content (AvgIpc) is 2.36. The van der Waals surface area contributed by atoms with Crippen LogP contribution in [0.4, 0.5) is 0 Å². The van der Waals surface area contributed by atoms with Crippen LogP contribution in [-0.2, 0) is 0 Å². The van der Waals surface area contributed by atoms with Crippen molar-refractivity contribution in [1.29, 1.82) is 0 Å². The van der Waals surface area contributed by atoms with Crippen molar-refractivity contribution in [2.45, 2.75) is 26.4 Å². The number of hydrogen-bond donors (Lipinski definition) is 1. The first-order chi connectivity index (χ1) is 9.91. The Morgan fingerprint density at radius 1 is 1.10 bits per heavy atom. The third-order valence-electron chi connectivity index (χ3n) is 5.40. The van der Waals surface area contributed by atoms with Crippen LogP contribution in [0.1, 0.15) is 32.0 Å². The maximum atomic E-state index is 10.4. The lowest BCUT2D eigenvalue weighted by Crippen LogP contribution is -2.70. The number of benzene rings is 1. The van der Waals surface area contributed by atoms with E-state index in [-0.39, 0.29) is 6.17 Å². The summed E-state index contributed by atoms with van der Waals surface area (Å²) >= 11 is 0. The van der Waals surface area contributed by atoms with Crippen molar-refractivity contribution in [2.75, 3.05) is 33.3 Å². The summed E-state index contributed by atoms with van der Waals surface area (Å²) < 4.78 is 5.20. The lowest BCUT2D eigenvalue weighted by atomic mass is 9.63. The number of phenolic OH excluding ortho intramolecular Hbond substituents is 1. The summed E-state index contributed by atoms with van der Waals surface area (Å²) in [5.74, 6) is 1.06. The van der Waals surface area contributed by atoms with E-state index in [1.807, 2.05) is 12.1 Å². The number of hydrogen-bond acceptors (Lipinski definition) is 4. The van der Waals surface area contributed by atoms with Gasteiger partial charge in [-0.2, -0.15) is 0 Å². The van der Waals surface area contributed by atoms with E-state index in [2.05, 4.69) is 23.6 Å². The standard InChI is InChI=1S/C17H24N2O2/c1-16-7-17(2)10-18(8-16)15(19(9-16)11-17)13-5-4-12(21-3)6-14(13)20/h4-6,15,20H,7-11H2,1-3H3. The van der Waals surface area contributed by atoms with Crippen molar-refractivity contribution in [3.63, 3.8) is 0 Å². The van der Waals surface area contributed by atoms with Gasteiger partial charge in [0.25, 0.3) is 0 Å². The van der Waals surface area contributed by atoms with Crippen molar-refractivity contribution >= 4 is 0 Å². The highest BCUT2D eigenvalue weighted by molar-refractivity contribution is 5.42. The van der Waals surface area contributed by atoms with Crippen LogP contribution in [0.2, 0.25) is 0 Å². The monoisotopic (exact) mass is 288 g/mol. The second kappa shape index (κ2) is 4.14. The molecule has 0 spiro atoms. The third-order valence-corrected chi connectivity index (χ3v) is 5.40. The summed E-state index contributed by atoms with van der Waals surface area (Å²) in [5, 5.41) is 10.4. The van der Waals surface area contributed by atoms with Crippen molar-refractivity contribution in [2.24, 2.45) is 10.8 Å². The van der Waals surface area contributed by atoms with Crippen LogP contribution in [0.25, 0.3) is 0 Å². The van der Waals surface area contributed by atoms with Crippen LogP contribution in [-0.4, -0.2) is 48.2 Å². The molecule has 0 saturated carbocycles. The summed E-state index contributed by atoms with van der Waals surface area (Å²) in [6, 6.07) is 5.70. The molecule has 0 radical (unpaired) electrons. The minimum Gasteiger partial charge on any atom is -0.507 e. The van der Waals surface area contributed by atoms with E-state index in [0.29, 0.717) is 22.3 Å². The summed E-state index contributed by atoms with van der Waals surface area (Å²) in [5.41, 5.74) is 1.83. The lowest BCUT2D eigenvalue weighted by molar-refractivity contribution is -0.194. The topological polar surface area (TPSA) is 35.9 Å². The predicted molar refractivity (Wildman–Crippen MR) is 81.4 cm³/mol. The van der Waals surface area contributed by atoms with E-state index in [0.717, 1.165) is 31.7 Å². The first-order valence-electron chi connectivity index (χ1n) is 7.77. The molecule has 1 aromatic carbocycles. The molecule has 0 aromatic heterocycles. The Bertz CT molecular complexity index is 550. The van der Waals surface area contributed by atoms with Crippen LogP contribution in [0, 0.1) is 10.8 Å². The normalized spacial score (nSPS) is 44.0. The molecule has 114 valence electrons. The molecule has 0 atom stereocenters. The molecule has 4 aliphatic heterocycles. The van der Waals surface area contributed by atoms with Gasteiger partial charge in [0.05, 0.1) is 13.3 Å². The molecule has 0 unspecified atom stereocenters. The third kappa shape index (κ3) is 1.96. The quantitative estimate of drug-likeness (QED) is 0.907. The number of phenols is 1. The molecular weight excluding hydrogens is 264 g/mol. The molecule has 0 amide bonds. The SMILES string of the molecule is COc1ccc(C2N3CC4(C)CN2CC(C)(C3)C4)c(O)c1. The van der Waals surface area contributed by atoms with Gasteiger partial charge >= 0.3 is 0 Å². The Labute approximate surface area is 126 Å². The van der Waals surface area contributed by atoms with Crippen molar-refractivity contribution in [3.8, 4) is 11.5 Å². The highest BCUT2D eigenvalue weighted by atomic mass is 16.5. The van der Waals surface area contributed by atoms with Crippen molar-refractivity contribution in [3.05, 3.63) is 23.8 Å². The Morgan fingerprint density at radius 3 is 2.14 bits per heavy atom. The van der Waals surface area contributed by atoms with Crippen LogP contribution in [0.5, 0.6) is 11.5 Å². The van der Waals surface area contributed by atoms with Gasteiger partial charge in [0, 0.05) is 37.8 Å². The zero-order chi connectivity index (χ0) is 14.8. The first kappa shape index (κ1) is 13.4. The largest absolute Gasteiger partial charge is 0.507 e. The summed E-state index contributed by atoms with van der Waals surface area (Å²) in [4.78, 5) is 5.11. The Hall–Kier alpha value is -1.26. The number of aromatic hydroxyl groups is 1. The molecule has 4 heteroatoms. The molecular formula is C17H24N2O2. The predicted octanol–water partition coefficient (Wildman–Crippen LogP) is 2.45. The second-order valence-electron chi connectivity index (χ2n) is 7.91. The number of ether oxygens (including phenoxy) is 1. The molecule has 1 aromatic rings. The molecule has 5 rings (SSSR count). The van der Waals surface area contributed by atoms with Gasteiger partial charge in [-0.15, -0.1) is 0 Å². The number of rotatable bonds is 2. The van der Waals surface area contributed by atoms with Crippen molar-refractivity contribution < 1.29 is 9.84 Å². The van der Waals surface area contributed by atoms with E-state index in [4.69, 9.17) is 4.74 Å². The van der Waals surface area contributed by atoms with Crippen LogP contribution >= 0.6 is 0 Å². The molecule has 4 aliphatic rings. The first-order valence-corrected chi connectivity index (χ1v) is 7.77. The minimum absolute atomic E-state index is 0.220. The molecule has 1 N–H and O–H groups in total. The molecule has 21 heavy (non-hydrogen) atoms. The Morgan fingerprint density at radius 2 is 1.67 bits per heavy atom. The zero-order valence-corrected chi connectivity index (χ0v) is 13.1. The van der Waals surface area contributed by atoms with Crippen LogP contribution in [0.3, 0.4) is 0 Å². The Balaban J connectivity index is 1.71. The van der Waals surface area contributed by atoms with Gasteiger partial charge in [0.2, 0.25) is 0 Å². The van der Waals surface area contributed by atoms with Crippen LogP contribution in [0.15, 0.2) is 18.2 Å². The summed E-state index contributed by atoms with van der Waals surface area (Å²) in [7, 11) is 1.63. The van der Waals surface area contributed by atoms with Gasteiger partial charge in [-0.3, -0.25) is 9.80 Å². The fourth-order valence-corrected chi connectivity index (χ4v) is 5.27. The van der Waals surface area contributed by atoms with E-state index in [1.54, 1.807) is 13.2 Å². The maximum Gasteiger partial charge on any atom is 0.125 e.